The van der Waals surface area contributed by atoms with E-state index in [2.05, 4.69) is 79.2 Å². The number of allylic oxidation sites excluding steroid dienone is 1. The summed E-state index contributed by atoms with van der Waals surface area (Å²) in [5.74, 6) is 0. The number of nitrogens with one attached hydrogen (secondary N) is 1. The average Bonchev–Trinajstić information content (AvgIpc) is 2.93. The van der Waals surface area contributed by atoms with Crippen molar-refractivity contribution in [2.24, 2.45) is 11.1 Å². The number of aldehydes is 1. The maximum atomic E-state index is 9.83. The molecule has 0 aromatic heterocycles. The molecule has 0 amide bonds. The SMILES string of the molecule is C=C(CCC(CN)NC)N1CCC(=C(c2ccccc2C)c2ccccc2C)CC1.CC.CC(C)(C)C=O. The van der Waals surface area contributed by atoms with Gasteiger partial charge in [-0.3, -0.25) is 0 Å². The van der Waals surface area contributed by atoms with Crippen molar-refractivity contribution in [1.82, 2.24) is 10.2 Å². The van der Waals surface area contributed by atoms with Crippen molar-refractivity contribution < 1.29 is 4.79 Å². The Labute approximate surface area is 233 Å². The van der Waals surface area contributed by atoms with Crippen LogP contribution in [0.15, 0.2) is 66.4 Å². The molecule has 0 aliphatic carbocycles. The highest BCUT2D eigenvalue weighted by molar-refractivity contribution is 5.85. The second-order valence-electron chi connectivity index (χ2n) is 10.9. The first-order valence-electron chi connectivity index (χ1n) is 14.2. The monoisotopic (exact) mass is 519 g/mol. The molecule has 2 aromatic rings. The molecular formula is C34H53N3O. The summed E-state index contributed by atoms with van der Waals surface area (Å²) in [7, 11) is 1.98. The average molecular weight is 520 g/mol. The zero-order valence-electron chi connectivity index (χ0n) is 25.4. The van der Waals surface area contributed by atoms with E-state index in [1.807, 2.05) is 41.7 Å². The molecule has 3 N–H and O–H groups in total. The molecular weight excluding hydrogens is 466 g/mol. The molecule has 3 rings (SSSR count). The highest BCUT2D eigenvalue weighted by atomic mass is 16.1. The predicted octanol–water partition coefficient (Wildman–Crippen LogP) is 7.30. The molecule has 38 heavy (non-hydrogen) atoms. The number of aryl methyl sites for hydroxylation is 2. The fraction of sp³-hybridized carbons (Fsp3) is 0.500. The summed E-state index contributed by atoms with van der Waals surface area (Å²) >= 11 is 0. The fourth-order valence-corrected chi connectivity index (χ4v) is 4.45. The molecule has 0 bridgehead atoms. The van der Waals surface area contributed by atoms with Gasteiger partial charge in [-0.1, -0.05) is 95.3 Å². The van der Waals surface area contributed by atoms with Crippen LogP contribution in [0.5, 0.6) is 0 Å². The van der Waals surface area contributed by atoms with Crippen LogP contribution in [0.4, 0.5) is 0 Å². The van der Waals surface area contributed by atoms with Gasteiger partial charge in [-0.2, -0.15) is 0 Å². The number of piperidine rings is 1. The second-order valence-corrected chi connectivity index (χ2v) is 10.9. The van der Waals surface area contributed by atoms with Gasteiger partial charge in [0.15, 0.2) is 0 Å². The van der Waals surface area contributed by atoms with Crippen molar-refractivity contribution in [3.05, 3.63) is 88.6 Å². The molecule has 1 heterocycles. The molecule has 4 nitrogen and oxygen atoms in total. The third kappa shape index (κ3) is 10.6. The molecule has 1 aliphatic rings. The Hall–Kier alpha value is -2.69. The van der Waals surface area contributed by atoms with Gasteiger partial charge >= 0.3 is 0 Å². The first-order chi connectivity index (χ1) is 18.1. The molecule has 210 valence electrons. The maximum Gasteiger partial charge on any atom is 0.125 e. The summed E-state index contributed by atoms with van der Waals surface area (Å²) in [5, 5.41) is 3.29. The summed E-state index contributed by atoms with van der Waals surface area (Å²) in [5.41, 5.74) is 15.4. The van der Waals surface area contributed by atoms with Gasteiger partial charge in [0.2, 0.25) is 0 Å². The van der Waals surface area contributed by atoms with Gasteiger partial charge in [0.05, 0.1) is 0 Å². The minimum absolute atomic E-state index is 0.139. The van der Waals surface area contributed by atoms with E-state index in [4.69, 9.17) is 5.73 Å². The first kappa shape index (κ1) is 33.3. The number of likely N-dealkylation sites (tertiary alicyclic amines) is 1. The minimum atomic E-state index is -0.139. The van der Waals surface area contributed by atoms with Crippen LogP contribution in [0.25, 0.3) is 5.57 Å². The van der Waals surface area contributed by atoms with E-state index in [1.165, 1.54) is 33.5 Å². The first-order valence-corrected chi connectivity index (χ1v) is 14.2. The quantitative estimate of drug-likeness (QED) is 0.359. The van der Waals surface area contributed by atoms with Crippen LogP contribution >= 0.6 is 0 Å². The third-order valence-corrected chi connectivity index (χ3v) is 6.82. The van der Waals surface area contributed by atoms with E-state index in [0.717, 1.165) is 45.1 Å². The molecule has 1 atom stereocenters. The third-order valence-electron chi connectivity index (χ3n) is 6.82. The molecule has 1 aliphatic heterocycles. The Kier molecular flexibility index (Phi) is 14.9. The van der Waals surface area contributed by atoms with Gasteiger partial charge in [0.1, 0.15) is 6.29 Å². The van der Waals surface area contributed by atoms with Gasteiger partial charge < -0.3 is 20.7 Å². The standard InChI is InChI=1S/C27H37N3.C5H10O.C2H6/c1-20-9-5-7-11-25(20)27(26-12-8-6-10-21(26)2)23-15-17-30(18-16-23)22(3)13-14-24(19-28)29-4;1-5(2,3)4-6;1-2/h5-12,24,29H,3,13-19,28H2,1-2,4H3;4H,1-3H3;1-2H3. The largest absolute Gasteiger partial charge is 0.375 e. The lowest BCUT2D eigenvalue weighted by atomic mass is 9.85. The van der Waals surface area contributed by atoms with E-state index >= 15 is 0 Å². The minimum Gasteiger partial charge on any atom is -0.375 e. The Morgan fingerprint density at radius 3 is 1.82 bits per heavy atom. The smallest absolute Gasteiger partial charge is 0.125 e. The van der Waals surface area contributed by atoms with Crippen LogP contribution < -0.4 is 11.1 Å². The van der Waals surface area contributed by atoms with Gasteiger partial charge in [-0.15, -0.1) is 0 Å². The number of benzene rings is 2. The van der Waals surface area contributed by atoms with E-state index in [-0.39, 0.29) is 5.41 Å². The number of hydrogen-bond donors (Lipinski definition) is 2. The van der Waals surface area contributed by atoms with Gasteiger partial charge in [0.25, 0.3) is 0 Å². The van der Waals surface area contributed by atoms with Crippen LogP contribution in [-0.2, 0) is 4.79 Å². The molecule has 0 radical (unpaired) electrons. The number of rotatable bonds is 8. The van der Waals surface area contributed by atoms with Crippen molar-refractivity contribution in [2.75, 3.05) is 26.7 Å². The molecule has 1 fully saturated rings. The molecule has 2 aromatic carbocycles. The van der Waals surface area contributed by atoms with E-state index in [1.54, 1.807) is 5.57 Å². The van der Waals surface area contributed by atoms with Crippen molar-refractivity contribution in [3.8, 4) is 0 Å². The Morgan fingerprint density at radius 2 is 1.45 bits per heavy atom. The number of likely N-dealkylation sites (N-methyl/N-ethyl adjacent to an activating group) is 1. The highest BCUT2D eigenvalue weighted by Crippen LogP contribution is 2.36. The summed E-state index contributed by atoms with van der Waals surface area (Å²) in [6.45, 7) is 21.2. The fourth-order valence-electron chi connectivity index (χ4n) is 4.45. The number of carbonyl (C=O) groups excluding carboxylic acids is 1. The Morgan fingerprint density at radius 1 is 1.00 bits per heavy atom. The molecule has 4 heteroatoms. The zero-order chi connectivity index (χ0) is 28.7. The van der Waals surface area contributed by atoms with Crippen molar-refractivity contribution in [3.63, 3.8) is 0 Å². The highest BCUT2D eigenvalue weighted by Gasteiger charge is 2.21. The molecule has 1 saturated heterocycles. The van der Waals surface area contributed by atoms with Crippen LogP contribution in [0, 0.1) is 19.3 Å². The van der Waals surface area contributed by atoms with Crippen molar-refractivity contribution >= 4 is 11.9 Å². The Bertz CT molecular complexity index is 971. The number of nitrogens with zero attached hydrogens (tertiary/aromatic N) is 1. The van der Waals surface area contributed by atoms with Crippen LogP contribution in [0.2, 0.25) is 0 Å². The van der Waals surface area contributed by atoms with Crippen molar-refractivity contribution in [1.29, 1.82) is 0 Å². The van der Waals surface area contributed by atoms with E-state index in [0.29, 0.717) is 12.6 Å². The van der Waals surface area contributed by atoms with Crippen LogP contribution in [-0.4, -0.2) is 43.9 Å². The molecule has 0 saturated carbocycles. The van der Waals surface area contributed by atoms with Gasteiger partial charge in [-0.05, 0) is 74.4 Å². The van der Waals surface area contributed by atoms with Gasteiger partial charge in [-0.25, -0.2) is 0 Å². The van der Waals surface area contributed by atoms with Crippen LogP contribution in [0.3, 0.4) is 0 Å². The topological polar surface area (TPSA) is 58.4 Å². The second kappa shape index (κ2) is 17.0. The number of nitrogens with two attached hydrogens (primary N) is 1. The summed E-state index contributed by atoms with van der Waals surface area (Å²) in [4.78, 5) is 12.3. The molecule has 0 spiro atoms. The van der Waals surface area contributed by atoms with E-state index < -0.39 is 0 Å². The number of hydrogen-bond acceptors (Lipinski definition) is 4. The Balaban J connectivity index is 0.000000795. The summed E-state index contributed by atoms with van der Waals surface area (Å²) in [6.07, 6.45) is 5.16. The summed E-state index contributed by atoms with van der Waals surface area (Å²) in [6, 6.07) is 18.0. The van der Waals surface area contributed by atoms with E-state index in [9.17, 15) is 4.79 Å². The molecule has 1 unspecified atom stereocenters. The normalized spacial score (nSPS) is 13.9. The lowest BCUT2D eigenvalue weighted by molar-refractivity contribution is -0.113. The zero-order valence-corrected chi connectivity index (χ0v) is 25.4. The summed E-state index contributed by atoms with van der Waals surface area (Å²) < 4.78 is 0. The maximum absolute atomic E-state index is 9.83. The van der Waals surface area contributed by atoms with Crippen molar-refractivity contribution in [2.45, 2.75) is 80.2 Å². The number of carbonyl (C=O) groups is 1. The lowest BCUT2D eigenvalue weighted by Gasteiger charge is -2.34. The van der Waals surface area contributed by atoms with Gasteiger partial charge in [0, 0.05) is 36.8 Å². The predicted molar refractivity (Wildman–Crippen MR) is 166 cm³/mol. The lowest BCUT2D eigenvalue weighted by Crippen LogP contribution is -2.35. The van der Waals surface area contributed by atoms with Crippen LogP contribution in [0.1, 0.15) is 82.6 Å².